The number of anilines is 1. The Bertz CT molecular complexity index is 966. The largest absolute Gasteiger partial charge is 0.324 e. The van der Waals surface area contributed by atoms with Gasteiger partial charge in [0.25, 0.3) is 5.56 Å². The smallest absolute Gasteiger partial charge is 0.261 e. The molecule has 0 aliphatic rings. The Balaban J connectivity index is 1.84. The highest BCUT2D eigenvalue weighted by atomic mass is 35.5. The second kappa shape index (κ2) is 6.84. The topological polar surface area (TPSA) is 64.0 Å². The molecule has 0 saturated carbocycles. The zero-order valence-electron chi connectivity index (χ0n) is 13.1. The Hall–Kier alpha value is -2.66. The maximum atomic E-state index is 12.5. The maximum absolute atomic E-state index is 12.5. The molecule has 1 aromatic heterocycles. The van der Waals surface area contributed by atoms with Gasteiger partial charge in [-0.2, -0.15) is 0 Å². The van der Waals surface area contributed by atoms with Gasteiger partial charge in [0.2, 0.25) is 5.91 Å². The van der Waals surface area contributed by atoms with Crippen LogP contribution in [-0.4, -0.2) is 15.5 Å². The summed E-state index contributed by atoms with van der Waals surface area (Å²) in [5.41, 5.74) is 2.05. The molecule has 1 heterocycles. The summed E-state index contributed by atoms with van der Waals surface area (Å²) in [6.07, 6.45) is 2.18. The average molecular weight is 342 g/mol. The molecule has 0 atom stereocenters. The molecule has 24 heavy (non-hydrogen) atoms. The lowest BCUT2D eigenvalue weighted by Gasteiger charge is -2.11. The molecular weight excluding hydrogens is 326 g/mol. The van der Waals surface area contributed by atoms with Gasteiger partial charge in [0.05, 0.1) is 17.2 Å². The van der Waals surface area contributed by atoms with Crippen molar-refractivity contribution in [2.24, 2.45) is 0 Å². The number of nitrogens with one attached hydrogen (secondary N) is 1. The number of hydrogen-bond donors (Lipinski definition) is 1. The van der Waals surface area contributed by atoms with Crippen LogP contribution in [0.5, 0.6) is 0 Å². The number of carbonyl (C=O) groups excluding carboxylic acids is 1. The molecule has 1 amide bonds. The Morgan fingerprint density at radius 2 is 2.04 bits per heavy atom. The first-order valence-electron chi connectivity index (χ1n) is 7.61. The number of halogens is 1. The number of amides is 1. The molecule has 0 spiro atoms. The molecule has 0 aliphatic heterocycles. The molecule has 0 unspecified atom stereocenters. The highest BCUT2D eigenvalue weighted by Gasteiger charge is 2.10. The summed E-state index contributed by atoms with van der Waals surface area (Å²) in [4.78, 5) is 28.9. The highest BCUT2D eigenvalue weighted by Crippen LogP contribution is 2.16. The summed E-state index contributed by atoms with van der Waals surface area (Å²) in [7, 11) is 0. The van der Waals surface area contributed by atoms with Gasteiger partial charge in [-0.25, -0.2) is 4.98 Å². The van der Waals surface area contributed by atoms with E-state index in [0.29, 0.717) is 15.9 Å². The van der Waals surface area contributed by atoms with Crippen LogP contribution in [0.3, 0.4) is 0 Å². The van der Waals surface area contributed by atoms with Gasteiger partial charge in [0.1, 0.15) is 6.54 Å². The standard InChI is InChI=1S/C18H16ClN3O2/c1-2-12-5-3-4-6-15(12)21-17(23)10-22-11-20-16-9-13(19)7-8-14(16)18(22)24/h3-9,11H,2,10H2,1H3,(H,21,23). The van der Waals surface area contributed by atoms with Crippen LogP contribution in [0, 0.1) is 0 Å². The number of benzene rings is 2. The number of nitrogens with zero attached hydrogens (tertiary/aromatic N) is 2. The van der Waals surface area contributed by atoms with Crippen LogP contribution in [0.15, 0.2) is 53.6 Å². The fourth-order valence-corrected chi connectivity index (χ4v) is 2.71. The van der Waals surface area contributed by atoms with Crippen molar-refractivity contribution in [1.82, 2.24) is 9.55 Å². The Labute approximate surface area is 143 Å². The van der Waals surface area contributed by atoms with Crippen molar-refractivity contribution in [3.05, 3.63) is 69.7 Å². The lowest BCUT2D eigenvalue weighted by atomic mass is 10.1. The molecule has 5 nitrogen and oxygen atoms in total. The van der Waals surface area contributed by atoms with Crippen LogP contribution in [0.1, 0.15) is 12.5 Å². The van der Waals surface area contributed by atoms with Gasteiger partial charge in [-0.15, -0.1) is 0 Å². The van der Waals surface area contributed by atoms with E-state index in [9.17, 15) is 9.59 Å². The summed E-state index contributed by atoms with van der Waals surface area (Å²) in [5, 5.41) is 3.80. The van der Waals surface area contributed by atoms with Crippen molar-refractivity contribution in [2.45, 2.75) is 19.9 Å². The quantitative estimate of drug-likeness (QED) is 0.792. The summed E-state index contributed by atoms with van der Waals surface area (Å²) in [5.74, 6) is -0.270. The van der Waals surface area contributed by atoms with Crippen molar-refractivity contribution >= 4 is 34.1 Å². The summed E-state index contributed by atoms with van der Waals surface area (Å²) in [6.45, 7) is 1.93. The number of rotatable bonds is 4. The zero-order chi connectivity index (χ0) is 17.1. The number of hydrogen-bond acceptors (Lipinski definition) is 3. The maximum Gasteiger partial charge on any atom is 0.261 e. The van der Waals surface area contributed by atoms with Crippen LogP contribution in [0.25, 0.3) is 10.9 Å². The fraction of sp³-hybridized carbons (Fsp3) is 0.167. The van der Waals surface area contributed by atoms with E-state index in [1.165, 1.54) is 10.9 Å². The molecule has 2 aromatic carbocycles. The van der Waals surface area contributed by atoms with Crippen molar-refractivity contribution in [3.63, 3.8) is 0 Å². The van der Waals surface area contributed by atoms with E-state index >= 15 is 0 Å². The first-order chi connectivity index (χ1) is 11.6. The molecule has 6 heteroatoms. The summed E-state index contributed by atoms with van der Waals surface area (Å²) >= 11 is 5.90. The van der Waals surface area contributed by atoms with E-state index in [2.05, 4.69) is 10.3 Å². The molecule has 1 N–H and O–H groups in total. The number of para-hydroxylation sites is 1. The van der Waals surface area contributed by atoms with Gasteiger partial charge in [0, 0.05) is 10.7 Å². The van der Waals surface area contributed by atoms with E-state index < -0.39 is 0 Å². The van der Waals surface area contributed by atoms with Crippen molar-refractivity contribution < 1.29 is 4.79 Å². The molecule has 0 radical (unpaired) electrons. The Kier molecular flexibility index (Phi) is 4.62. The summed E-state index contributed by atoms with van der Waals surface area (Å²) < 4.78 is 1.29. The van der Waals surface area contributed by atoms with E-state index in [0.717, 1.165) is 17.7 Å². The highest BCUT2D eigenvalue weighted by molar-refractivity contribution is 6.31. The van der Waals surface area contributed by atoms with Crippen LogP contribution < -0.4 is 10.9 Å². The van der Waals surface area contributed by atoms with Crippen LogP contribution in [0.2, 0.25) is 5.02 Å². The number of carbonyl (C=O) groups is 1. The van der Waals surface area contributed by atoms with Crippen molar-refractivity contribution in [1.29, 1.82) is 0 Å². The second-order valence-corrected chi connectivity index (χ2v) is 5.83. The lowest BCUT2D eigenvalue weighted by molar-refractivity contribution is -0.116. The van der Waals surface area contributed by atoms with Crippen LogP contribution in [0.4, 0.5) is 5.69 Å². The Morgan fingerprint density at radius 1 is 1.25 bits per heavy atom. The predicted octanol–water partition coefficient (Wildman–Crippen LogP) is 3.25. The minimum Gasteiger partial charge on any atom is -0.324 e. The van der Waals surface area contributed by atoms with Gasteiger partial charge < -0.3 is 5.32 Å². The molecule has 0 aliphatic carbocycles. The SMILES string of the molecule is CCc1ccccc1NC(=O)Cn1cnc2cc(Cl)ccc2c1=O. The van der Waals surface area contributed by atoms with Crippen molar-refractivity contribution in [3.8, 4) is 0 Å². The first kappa shape index (κ1) is 16.2. The third-order valence-corrected chi connectivity index (χ3v) is 4.01. The van der Waals surface area contributed by atoms with Crippen LogP contribution in [-0.2, 0) is 17.8 Å². The van der Waals surface area contributed by atoms with Gasteiger partial charge in [0.15, 0.2) is 0 Å². The number of fused-ring (bicyclic) bond motifs is 1. The summed E-state index contributed by atoms with van der Waals surface area (Å²) in [6, 6.07) is 12.5. The minimum atomic E-state index is -0.270. The fourth-order valence-electron chi connectivity index (χ4n) is 2.54. The second-order valence-electron chi connectivity index (χ2n) is 5.40. The van der Waals surface area contributed by atoms with E-state index in [1.54, 1.807) is 18.2 Å². The first-order valence-corrected chi connectivity index (χ1v) is 7.98. The number of aromatic nitrogens is 2. The average Bonchev–Trinajstić information content (AvgIpc) is 2.58. The zero-order valence-corrected chi connectivity index (χ0v) is 13.9. The minimum absolute atomic E-state index is 0.0948. The van der Waals surface area contributed by atoms with Crippen molar-refractivity contribution in [2.75, 3.05) is 5.32 Å². The van der Waals surface area contributed by atoms with E-state index in [-0.39, 0.29) is 18.0 Å². The lowest BCUT2D eigenvalue weighted by Crippen LogP contribution is -2.28. The third-order valence-electron chi connectivity index (χ3n) is 3.77. The third kappa shape index (κ3) is 3.31. The molecule has 0 saturated heterocycles. The van der Waals surface area contributed by atoms with Crippen LogP contribution >= 0.6 is 11.6 Å². The van der Waals surface area contributed by atoms with Gasteiger partial charge in [-0.05, 0) is 36.2 Å². The monoisotopic (exact) mass is 341 g/mol. The molecule has 122 valence electrons. The molecule has 3 aromatic rings. The Morgan fingerprint density at radius 3 is 2.83 bits per heavy atom. The molecule has 0 bridgehead atoms. The van der Waals surface area contributed by atoms with Gasteiger partial charge in [-0.3, -0.25) is 14.2 Å². The molecule has 0 fully saturated rings. The van der Waals surface area contributed by atoms with Gasteiger partial charge >= 0.3 is 0 Å². The number of aryl methyl sites for hydroxylation is 1. The van der Waals surface area contributed by atoms with Gasteiger partial charge in [-0.1, -0.05) is 36.7 Å². The predicted molar refractivity (Wildman–Crippen MR) is 95.5 cm³/mol. The normalized spacial score (nSPS) is 10.8. The van der Waals surface area contributed by atoms with E-state index in [4.69, 9.17) is 11.6 Å². The molecular formula is C18H16ClN3O2. The van der Waals surface area contributed by atoms with E-state index in [1.807, 2.05) is 31.2 Å². The molecule has 3 rings (SSSR count).